The summed E-state index contributed by atoms with van der Waals surface area (Å²) in [4.78, 5) is 36.0. The van der Waals surface area contributed by atoms with Crippen molar-refractivity contribution in [2.24, 2.45) is 0 Å². The zero-order valence-corrected chi connectivity index (χ0v) is 19.0. The van der Waals surface area contributed by atoms with Gasteiger partial charge in [0.25, 0.3) is 5.91 Å². The Balaban J connectivity index is 1.55. The summed E-state index contributed by atoms with van der Waals surface area (Å²) in [5.41, 5.74) is 0.625. The van der Waals surface area contributed by atoms with Gasteiger partial charge in [0.2, 0.25) is 10.0 Å². The summed E-state index contributed by atoms with van der Waals surface area (Å²) in [6.07, 6.45) is 0. The molecule has 1 fully saturated rings. The highest BCUT2D eigenvalue weighted by Crippen LogP contribution is 2.24. The number of hydrogen-bond donors (Lipinski definition) is 2. The second-order valence-corrected chi connectivity index (χ2v) is 9.30. The molecule has 3 rings (SSSR count). The van der Waals surface area contributed by atoms with E-state index < -0.39 is 34.5 Å². The summed E-state index contributed by atoms with van der Waals surface area (Å²) in [7, 11) is -3.86. The van der Waals surface area contributed by atoms with Crippen LogP contribution in [0.2, 0.25) is 5.02 Å². The van der Waals surface area contributed by atoms with Crippen molar-refractivity contribution in [3.8, 4) is 0 Å². The van der Waals surface area contributed by atoms with E-state index in [-0.39, 0.29) is 48.3 Å². The minimum absolute atomic E-state index is 0.0399. The number of benzene rings is 2. The molecule has 2 aromatic rings. The fraction of sp³-hybridized carbons (Fsp3) is 0.286. The van der Waals surface area contributed by atoms with Crippen LogP contribution in [0.15, 0.2) is 53.4 Å². The SMILES string of the molecule is O=C(COC(=O)c1cc(S(=O)(=O)N2CCOCC2)ccc1Cl)NC(=O)NCc1ccccc1. The van der Waals surface area contributed by atoms with Crippen LogP contribution in [0.5, 0.6) is 0 Å². The van der Waals surface area contributed by atoms with Gasteiger partial charge in [-0.1, -0.05) is 41.9 Å². The molecule has 1 aliphatic rings. The number of nitrogens with zero attached hydrogens (tertiary/aromatic N) is 1. The van der Waals surface area contributed by atoms with E-state index in [0.29, 0.717) is 0 Å². The maximum absolute atomic E-state index is 12.8. The molecule has 0 spiro atoms. The number of sulfonamides is 1. The van der Waals surface area contributed by atoms with Gasteiger partial charge in [-0.25, -0.2) is 18.0 Å². The normalized spacial score (nSPS) is 14.3. The predicted octanol–water partition coefficient (Wildman–Crippen LogP) is 1.54. The lowest BCUT2D eigenvalue weighted by Crippen LogP contribution is -2.41. The highest BCUT2D eigenvalue weighted by Gasteiger charge is 2.28. The van der Waals surface area contributed by atoms with Crippen LogP contribution in [-0.4, -0.2) is 63.5 Å². The minimum Gasteiger partial charge on any atom is -0.452 e. The molecule has 0 atom stereocenters. The third-order valence-electron chi connectivity index (χ3n) is 4.65. The topological polar surface area (TPSA) is 131 Å². The molecule has 0 aliphatic carbocycles. The Morgan fingerprint density at radius 3 is 2.45 bits per heavy atom. The maximum Gasteiger partial charge on any atom is 0.340 e. The maximum atomic E-state index is 12.8. The summed E-state index contributed by atoms with van der Waals surface area (Å²) in [5.74, 6) is -1.86. The van der Waals surface area contributed by atoms with Crippen molar-refractivity contribution in [2.45, 2.75) is 11.4 Å². The van der Waals surface area contributed by atoms with Crippen molar-refractivity contribution in [3.63, 3.8) is 0 Å². The average Bonchev–Trinajstić information content (AvgIpc) is 2.82. The molecule has 176 valence electrons. The molecular weight excluding hydrogens is 474 g/mol. The molecule has 0 saturated carbocycles. The van der Waals surface area contributed by atoms with Crippen LogP contribution in [0.1, 0.15) is 15.9 Å². The molecule has 0 radical (unpaired) electrons. The number of imide groups is 1. The van der Waals surface area contributed by atoms with Crippen LogP contribution in [0, 0.1) is 0 Å². The number of morpholine rings is 1. The molecule has 10 nitrogen and oxygen atoms in total. The largest absolute Gasteiger partial charge is 0.452 e. The Bertz CT molecular complexity index is 1120. The number of nitrogens with one attached hydrogen (secondary N) is 2. The third kappa shape index (κ3) is 6.75. The van der Waals surface area contributed by atoms with Gasteiger partial charge in [-0.2, -0.15) is 4.31 Å². The Hall–Kier alpha value is -2.99. The van der Waals surface area contributed by atoms with E-state index >= 15 is 0 Å². The second kappa shape index (κ2) is 11.2. The van der Waals surface area contributed by atoms with Gasteiger partial charge in [0.15, 0.2) is 6.61 Å². The van der Waals surface area contributed by atoms with Crippen molar-refractivity contribution in [2.75, 3.05) is 32.9 Å². The summed E-state index contributed by atoms with van der Waals surface area (Å²) < 4.78 is 36.9. The Morgan fingerprint density at radius 2 is 1.76 bits per heavy atom. The lowest BCUT2D eigenvalue weighted by atomic mass is 10.2. The molecule has 3 amide bonds. The lowest BCUT2D eigenvalue weighted by Gasteiger charge is -2.26. The smallest absolute Gasteiger partial charge is 0.340 e. The molecule has 1 heterocycles. The molecule has 1 aliphatic heterocycles. The molecule has 2 N–H and O–H groups in total. The number of ether oxygens (including phenoxy) is 2. The van der Waals surface area contributed by atoms with E-state index in [1.165, 1.54) is 16.4 Å². The Labute approximate surface area is 195 Å². The molecule has 0 bridgehead atoms. The zero-order chi connectivity index (χ0) is 23.8. The van der Waals surface area contributed by atoms with E-state index in [9.17, 15) is 22.8 Å². The Kier molecular flexibility index (Phi) is 8.39. The van der Waals surface area contributed by atoms with Crippen molar-refractivity contribution >= 4 is 39.5 Å². The van der Waals surface area contributed by atoms with Gasteiger partial charge in [0, 0.05) is 19.6 Å². The molecule has 1 saturated heterocycles. The van der Waals surface area contributed by atoms with E-state index in [0.717, 1.165) is 11.6 Å². The Morgan fingerprint density at radius 1 is 1.06 bits per heavy atom. The number of amides is 3. The second-order valence-electron chi connectivity index (χ2n) is 6.95. The van der Waals surface area contributed by atoms with E-state index in [2.05, 4.69) is 5.32 Å². The summed E-state index contributed by atoms with van der Waals surface area (Å²) in [5, 5.41) is 4.50. The molecule has 0 aromatic heterocycles. The summed E-state index contributed by atoms with van der Waals surface area (Å²) in [6, 6.07) is 12.0. The van der Waals surface area contributed by atoms with Crippen molar-refractivity contribution < 1.29 is 32.3 Å². The van der Waals surface area contributed by atoms with Crippen molar-refractivity contribution in [1.82, 2.24) is 14.9 Å². The number of hydrogen-bond acceptors (Lipinski definition) is 7. The fourth-order valence-electron chi connectivity index (χ4n) is 2.95. The number of urea groups is 1. The van der Waals surface area contributed by atoms with Gasteiger partial charge in [0.1, 0.15) is 0 Å². The van der Waals surface area contributed by atoms with Crippen LogP contribution >= 0.6 is 11.6 Å². The summed E-state index contributed by atoms with van der Waals surface area (Å²) in [6.45, 7) is 0.383. The number of carbonyl (C=O) groups excluding carboxylic acids is 3. The van der Waals surface area contributed by atoms with Crippen molar-refractivity contribution in [1.29, 1.82) is 0 Å². The number of rotatable bonds is 7. The fourth-order valence-corrected chi connectivity index (χ4v) is 4.58. The molecule has 12 heteroatoms. The van der Waals surface area contributed by atoms with Gasteiger partial charge in [-0.05, 0) is 23.8 Å². The first-order chi connectivity index (χ1) is 15.8. The monoisotopic (exact) mass is 495 g/mol. The lowest BCUT2D eigenvalue weighted by molar-refractivity contribution is -0.123. The standard InChI is InChI=1S/C21H22ClN3O7S/c22-18-7-6-16(33(29,30)25-8-10-31-11-9-25)12-17(18)20(27)32-14-19(26)24-21(28)23-13-15-4-2-1-3-5-15/h1-7,12H,8-11,13-14H2,(H2,23,24,26,28). The van der Waals surface area contributed by atoms with Crippen LogP contribution in [-0.2, 0) is 30.8 Å². The number of esters is 1. The highest BCUT2D eigenvalue weighted by molar-refractivity contribution is 7.89. The van der Waals surface area contributed by atoms with Gasteiger partial charge in [-0.15, -0.1) is 0 Å². The van der Waals surface area contributed by atoms with Gasteiger partial charge in [-0.3, -0.25) is 10.1 Å². The molecule has 0 unspecified atom stereocenters. The first kappa shape index (κ1) is 24.6. The predicted molar refractivity (Wildman–Crippen MR) is 118 cm³/mol. The molecular formula is C21H22ClN3O7S. The quantitative estimate of drug-likeness (QED) is 0.557. The van der Waals surface area contributed by atoms with Crippen LogP contribution in [0.3, 0.4) is 0 Å². The highest BCUT2D eigenvalue weighted by atomic mass is 35.5. The van der Waals surface area contributed by atoms with Crippen LogP contribution in [0.4, 0.5) is 4.79 Å². The molecule has 33 heavy (non-hydrogen) atoms. The van der Waals surface area contributed by atoms with Crippen LogP contribution < -0.4 is 10.6 Å². The van der Waals surface area contributed by atoms with Crippen molar-refractivity contribution in [3.05, 3.63) is 64.7 Å². The number of halogens is 1. The first-order valence-electron chi connectivity index (χ1n) is 9.93. The van der Waals surface area contributed by atoms with E-state index in [1.54, 1.807) is 12.1 Å². The van der Waals surface area contributed by atoms with Gasteiger partial charge < -0.3 is 14.8 Å². The minimum atomic E-state index is -3.86. The van der Waals surface area contributed by atoms with Gasteiger partial charge in [0.05, 0.1) is 28.7 Å². The van der Waals surface area contributed by atoms with E-state index in [4.69, 9.17) is 21.1 Å². The number of carbonyl (C=O) groups is 3. The average molecular weight is 496 g/mol. The van der Waals surface area contributed by atoms with Crippen LogP contribution in [0.25, 0.3) is 0 Å². The van der Waals surface area contributed by atoms with E-state index in [1.807, 2.05) is 23.5 Å². The van der Waals surface area contributed by atoms with Gasteiger partial charge >= 0.3 is 12.0 Å². The first-order valence-corrected chi connectivity index (χ1v) is 11.8. The summed E-state index contributed by atoms with van der Waals surface area (Å²) >= 11 is 6.03. The zero-order valence-electron chi connectivity index (χ0n) is 17.5. The molecule has 2 aromatic carbocycles. The third-order valence-corrected chi connectivity index (χ3v) is 6.87.